The van der Waals surface area contributed by atoms with E-state index in [1.807, 2.05) is 48.5 Å². The lowest BCUT2D eigenvalue weighted by Crippen LogP contribution is -2.12. The number of aromatic hydroxyl groups is 1. The zero-order valence-electron chi connectivity index (χ0n) is 11.7. The van der Waals surface area contributed by atoms with E-state index in [1.54, 1.807) is 12.3 Å². The number of phenols is 1. The number of fused-ring (bicyclic) bond motifs is 2. The highest BCUT2D eigenvalue weighted by atomic mass is 16.3. The Labute approximate surface area is 127 Å². The maximum absolute atomic E-state index is 10.5. The van der Waals surface area contributed by atoms with Crippen molar-refractivity contribution in [2.24, 2.45) is 0 Å². The second kappa shape index (κ2) is 4.86. The number of phenolic OH excluding ortho intramolecular Hbond substituents is 1. The molecule has 22 heavy (non-hydrogen) atoms. The summed E-state index contributed by atoms with van der Waals surface area (Å²) in [5.74, 6) is 0.176. The maximum Gasteiger partial charge on any atom is 0.151 e. The molecule has 3 N–H and O–H groups in total. The highest BCUT2D eigenvalue weighted by Crippen LogP contribution is 2.37. The minimum absolute atomic E-state index is 0.176. The third kappa shape index (κ3) is 1.93. The zero-order valence-corrected chi connectivity index (χ0v) is 11.7. The smallest absolute Gasteiger partial charge is 0.151 e. The minimum Gasteiger partial charge on any atom is -0.507 e. The van der Waals surface area contributed by atoms with Gasteiger partial charge < -0.3 is 15.5 Å². The third-order valence-corrected chi connectivity index (χ3v) is 3.92. The SMILES string of the molecule is Oc1c(C=C2c3ccccc3NC2O)ccc2ncccc12. The molecule has 0 saturated carbocycles. The quantitative estimate of drug-likeness (QED) is 0.644. The molecule has 2 aromatic carbocycles. The van der Waals surface area contributed by atoms with E-state index in [0.717, 1.165) is 22.3 Å². The third-order valence-electron chi connectivity index (χ3n) is 3.92. The zero-order chi connectivity index (χ0) is 15.1. The van der Waals surface area contributed by atoms with Crippen molar-refractivity contribution in [1.29, 1.82) is 0 Å². The standard InChI is InChI=1S/C18H14N2O2/c21-17-11(7-8-15-13(17)5-3-9-19-15)10-14-12-4-1-2-6-16(12)20-18(14)22/h1-10,18,20-22H. The summed E-state index contributed by atoms with van der Waals surface area (Å²) in [5.41, 5.74) is 3.98. The summed E-state index contributed by atoms with van der Waals surface area (Å²) in [6, 6.07) is 15.0. The number of nitrogens with one attached hydrogen (secondary N) is 1. The van der Waals surface area contributed by atoms with Crippen LogP contribution < -0.4 is 5.32 Å². The lowest BCUT2D eigenvalue weighted by atomic mass is 10.0. The molecular formula is C18H14N2O2. The van der Waals surface area contributed by atoms with Gasteiger partial charge >= 0.3 is 0 Å². The number of hydrogen-bond donors (Lipinski definition) is 3. The molecule has 4 rings (SSSR count). The number of nitrogens with zero attached hydrogens (tertiary/aromatic N) is 1. The first-order valence-corrected chi connectivity index (χ1v) is 7.06. The molecule has 0 spiro atoms. The Balaban J connectivity index is 1.88. The Morgan fingerprint density at radius 2 is 1.91 bits per heavy atom. The van der Waals surface area contributed by atoms with Crippen molar-refractivity contribution in [3.63, 3.8) is 0 Å². The van der Waals surface area contributed by atoms with Gasteiger partial charge in [-0.3, -0.25) is 4.98 Å². The molecule has 4 nitrogen and oxygen atoms in total. The summed E-state index contributed by atoms with van der Waals surface area (Å²) in [5, 5.41) is 24.4. The number of benzene rings is 2. The van der Waals surface area contributed by atoms with Crippen LogP contribution in [0.15, 0.2) is 54.7 Å². The van der Waals surface area contributed by atoms with Crippen LogP contribution in [0.25, 0.3) is 22.6 Å². The van der Waals surface area contributed by atoms with Crippen LogP contribution in [0.3, 0.4) is 0 Å². The Kier molecular flexibility index (Phi) is 2.84. The van der Waals surface area contributed by atoms with Gasteiger partial charge in [-0.2, -0.15) is 0 Å². The number of aliphatic hydroxyl groups is 1. The lowest BCUT2D eigenvalue weighted by molar-refractivity contribution is 0.266. The molecule has 2 heterocycles. The van der Waals surface area contributed by atoms with Crippen LogP contribution in [-0.2, 0) is 0 Å². The van der Waals surface area contributed by atoms with E-state index in [0.29, 0.717) is 10.9 Å². The van der Waals surface area contributed by atoms with E-state index in [9.17, 15) is 10.2 Å². The van der Waals surface area contributed by atoms with Crippen LogP contribution in [0, 0.1) is 0 Å². The van der Waals surface area contributed by atoms with Gasteiger partial charge in [0.25, 0.3) is 0 Å². The van der Waals surface area contributed by atoms with Gasteiger partial charge in [0.1, 0.15) is 5.75 Å². The topological polar surface area (TPSA) is 65.4 Å². The summed E-state index contributed by atoms with van der Waals surface area (Å²) in [4.78, 5) is 4.22. The Morgan fingerprint density at radius 3 is 2.82 bits per heavy atom. The lowest BCUT2D eigenvalue weighted by Gasteiger charge is -2.08. The van der Waals surface area contributed by atoms with Crippen LogP contribution in [0.4, 0.5) is 5.69 Å². The number of rotatable bonds is 1. The van der Waals surface area contributed by atoms with E-state index in [-0.39, 0.29) is 5.75 Å². The van der Waals surface area contributed by atoms with E-state index < -0.39 is 6.23 Å². The molecule has 0 radical (unpaired) electrons. The first-order chi connectivity index (χ1) is 10.7. The molecule has 3 aromatic rings. The molecule has 0 amide bonds. The van der Waals surface area contributed by atoms with Gasteiger partial charge in [0.15, 0.2) is 6.23 Å². The van der Waals surface area contributed by atoms with Gasteiger partial charge in [-0.25, -0.2) is 0 Å². The molecule has 1 unspecified atom stereocenters. The van der Waals surface area contributed by atoms with Crippen molar-refractivity contribution in [3.05, 3.63) is 65.9 Å². The van der Waals surface area contributed by atoms with Crippen molar-refractivity contribution in [2.45, 2.75) is 6.23 Å². The van der Waals surface area contributed by atoms with E-state index in [2.05, 4.69) is 10.3 Å². The van der Waals surface area contributed by atoms with E-state index >= 15 is 0 Å². The van der Waals surface area contributed by atoms with Crippen molar-refractivity contribution in [2.75, 3.05) is 5.32 Å². The van der Waals surface area contributed by atoms with Gasteiger partial charge in [0.2, 0.25) is 0 Å². The Morgan fingerprint density at radius 1 is 1.05 bits per heavy atom. The first kappa shape index (κ1) is 12.9. The maximum atomic E-state index is 10.5. The van der Waals surface area contributed by atoms with Gasteiger partial charge in [-0.1, -0.05) is 18.2 Å². The number of pyridine rings is 1. The molecule has 1 aliphatic heterocycles. The first-order valence-electron chi connectivity index (χ1n) is 7.06. The summed E-state index contributed by atoms with van der Waals surface area (Å²) in [7, 11) is 0. The van der Waals surface area contributed by atoms with E-state index in [4.69, 9.17) is 0 Å². The molecule has 0 fully saturated rings. The van der Waals surface area contributed by atoms with E-state index in [1.165, 1.54) is 0 Å². The van der Waals surface area contributed by atoms with Crippen molar-refractivity contribution >= 4 is 28.2 Å². The highest BCUT2D eigenvalue weighted by Gasteiger charge is 2.24. The van der Waals surface area contributed by atoms with Crippen LogP contribution in [0.2, 0.25) is 0 Å². The van der Waals surface area contributed by atoms with Gasteiger partial charge in [-0.15, -0.1) is 0 Å². The second-order valence-corrected chi connectivity index (χ2v) is 5.27. The molecule has 108 valence electrons. The molecule has 0 bridgehead atoms. The van der Waals surface area contributed by atoms with Crippen LogP contribution in [0.1, 0.15) is 11.1 Å². The average molecular weight is 290 g/mol. The average Bonchev–Trinajstić information content (AvgIpc) is 2.86. The molecular weight excluding hydrogens is 276 g/mol. The van der Waals surface area contributed by atoms with Gasteiger partial charge in [-0.05, 0) is 36.4 Å². The number of aliphatic hydroxyl groups excluding tert-OH is 1. The van der Waals surface area contributed by atoms with Crippen molar-refractivity contribution < 1.29 is 10.2 Å². The molecule has 4 heteroatoms. The number of aromatic nitrogens is 1. The predicted molar refractivity (Wildman–Crippen MR) is 87.4 cm³/mol. The fraction of sp³-hybridized carbons (Fsp3) is 0.0556. The van der Waals surface area contributed by atoms with Crippen molar-refractivity contribution in [3.8, 4) is 5.75 Å². The molecule has 0 saturated heterocycles. The van der Waals surface area contributed by atoms with Crippen LogP contribution in [-0.4, -0.2) is 21.4 Å². The molecule has 1 aromatic heterocycles. The fourth-order valence-electron chi connectivity index (χ4n) is 2.83. The molecule has 0 aliphatic carbocycles. The number of hydrogen-bond acceptors (Lipinski definition) is 4. The normalized spacial score (nSPS) is 18.4. The monoisotopic (exact) mass is 290 g/mol. The summed E-state index contributed by atoms with van der Waals surface area (Å²) >= 11 is 0. The van der Waals surface area contributed by atoms with Crippen molar-refractivity contribution in [1.82, 2.24) is 4.98 Å². The van der Waals surface area contributed by atoms with Gasteiger partial charge in [0, 0.05) is 34.0 Å². The summed E-state index contributed by atoms with van der Waals surface area (Å²) in [6.45, 7) is 0. The molecule has 1 atom stereocenters. The Hall–Kier alpha value is -2.85. The summed E-state index contributed by atoms with van der Waals surface area (Å²) in [6.07, 6.45) is 2.73. The number of para-hydroxylation sites is 1. The van der Waals surface area contributed by atoms with Gasteiger partial charge in [0.05, 0.1) is 5.52 Å². The highest BCUT2D eigenvalue weighted by molar-refractivity contribution is 5.97. The van der Waals surface area contributed by atoms with Crippen LogP contribution >= 0.6 is 0 Å². The predicted octanol–water partition coefficient (Wildman–Crippen LogP) is 3.22. The second-order valence-electron chi connectivity index (χ2n) is 5.27. The Bertz CT molecular complexity index is 902. The summed E-state index contributed by atoms with van der Waals surface area (Å²) < 4.78 is 0. The fourth-order valence-corrected chi connectivity index (χ4v) is 2.83. The molecule has 1 aliphatic rings. The number of anilines is 1. The largest absolute Gasteiger partial charge is 0.507 e. The minimum atomic E-state index is -0.776. The van der Waals surface area contributed by atoms with Crippen LogP contribution in [0.5, 0.6) is 5.75 Å².